The van der Waals surface area contributed by atoms with Gasteiger partial charge in [-0.15, -0.1) is 0 Å². The van der Waals surface area contributed by atoms with E-state index >= 15 is 0 Å². The first-order valence-corrected chi connectivity index (χ1v) is 12.7. The number of hydrogen-bond donors (Lipinski definition) is 2. The van der Waals surface area contributed by atoms with Crippen LogP contribution in [0.4, 0.5) is 5.69 Å². The van der Waals surface area contributed by atoms with Crippen LogP contribution in [0.15, 0.2) is 30.9 Å². The topological polar surface area (TPSA) is 103 Å². The first-order valence-electron chi connectivity index (χ1n) is 12.7. The summed E-state index contributed by atoms with van der Waals surface area (Å²) < 4.78 is 9.83. The highest BCUT2D eigenvalue weighted by Crippen LogP contribution is 2.33. The fourth-order valence-corrected chi connectivity index (χ4v) is 5.35. The van der Waals surface area contributed by atoms with Crippen molar-refractivity contribution in [1.29, 1.82) is 0 Å². The molecular formula is C26H34N6O3. The molecule has 1 atom stereocenters. The lowest BCUT2D eigenvalue weighted by Gasteiger charge is -2.13. The smallest absolute Gasteiger partial charge is 0.253 e. The quantitative estimate of drug-likeness (QED) is 0.453. The molecule has 1 aliphatic carbocycles. The van der Waals surface area contributed by atoms with E-state index in [-0.39, 0.29) is 17.9 Å². The highest BCUT2D eigenvalue weighted by atomic mass is 16.5. The largest absolute Gasteiger partial charge is 0.370 e. The van der Waals surface area contributed by atoms with E-state index in [4.69, 9.17) is 9.72 Å². The Morgan fingerprint density at radius 3 is 2.77 bits per heavy atom. The Hall–Kier alpha value is -3.20. The molecule has 2 aliphatic rings. The zero-order valence-electron chi connectivity index (χ0n) is 20.3. The van der Waals surface area contributed by atoms with Crippen molar-refractivity contribution < 1.29 is 14.3 Å². The number of nitrogens with zero attached hydrogens (tertiary/aromatic N) is 4. The van der Waals surface area contributed by atoms with Gasteiger partial charge in [0.2, 0.25) is 5.91 Å². The third-order valence-corrected chi connectivity index (χ3v) is 7.14. The van der Waals surface area contributed by atoms with Crippen LogP contribution in [-0.4, -0.2) is 44.1 Å². The molecule has 9 heteroatoms. The standard InChI is InChI=1S/C26H34N6O3/c1-31-24-20(26(34)28-9-5-11-32-12-10-27-17-32)15-19(29-23(33)14-18-6-2-3-7-18)16-21(24)30-25(31)22-8-4-13-35-22/h10,12,15-18,22H,2-9,11,13-14H2,1H3,(H,28,34)(H,29,33). The Bertz CT molecular complexity index is 1170. The third-order valence-electron chi connectivity index (χ3n) is 7.14. The summed E-state index contributed by atoms with van der Waals surface area (Å²) in [4.78, 5) is 34.9. The summed E-state index contributed by atoms with van der Waals surface area (Å²) in [6.45, 7) is 2.04. The van der Waals surface area contributed by atoms with E-state index in [1.807, 2.05) is 28.4 Å². The van der Waals surface area contributed by atoms with Crippen LogP contribution in [0.5, 0.6) is 0 Å². The minimum atomic E-state index is -0.172. The van der Waals surface area contributed by atoms with Crippen LogP contribution in [-0.2, 0) is 23.1 Å². The summed E-state index contributed by atoms with van der Waals surface area (Å²) in [6.07, 6.45) is 13.2. The number of aromatic nitrogens is 4. The number of imidazole rings is 2. The van der Waals surface area contributed by atoms with Gasteiger partial charge in [-0.05, 0) is 50.2 Å². The number of carbonyl (C=O) groups excluding carboxylic acids is 2. The van der Waals surface area contributed by atoms with Crippen molar-refractivity contribution in [3.8, 4) is 0 Å². The molecule has 0 spiro atoms. The molecular weight excluding hydrogens is 444 g/mol. The van der Waals surface area contributed by atoms with Gasteiger partial charge >= 0.3 is 0 Å². The molecule has 2 N–H and O–H groups in total. The molecule has 1 saturated heterocycles. The molecule has 5 rings (SSSR count). The fourth-order valence-electron chi connectivity index (χ4n) is 5.35. The summed E-state index contributed by atoms with van der Waals surface area (Å²) in [7, 11) is 1.93. The molecule has 1 aromatic carbocycles. The van der Waals surface area contributed by atoms with Gasteiger partial charge in [-0.25, -0.2) is 9.97 Å². The number of nitrogens with one attached hydrogen (secondary N) is 2. The molecule has 1 unspecified atom stereocenters. The van der Waals surface area contributed by atoms with E-state index in [2.05, 4.69) is 15.6 Å². The number of aryl methyl sites for hydroxylation is 2. The molecule has 0 bridgehead atoms. The second-order valence-corrected chi connectivity index (χ2v) is 9.73. The monoisotopic (exact) mass is 478 g/mol. The highest BCUT2D eigenvalue weighted by Gasteiger charge is 2.26. The Morgan fingerprint density at radius 2 is 2.03 bits per heavy atom. The van der Waals surface area contributed by atoms with Gasteiger partial charge in [-0.1, -0.05) is 12.8 Å². The second-order valence-electron chi connectivity index (χ2n) is 9.73. The van der Waals surface area contributed by atoms with E-state index in [0.29, 0.717) is 35.7 Å². The maximum absolute atomic E-state index is 13.3. The normalized spacial score (nSPS) is 18.4. The molecule has 186 valence electrons. The van der Waals surface area contributed by atoms with E-state index < -0.39 is 0 Å². The number of rotatable bonds is 9. The maximum Gasteiger partial charge on any atom is 0.253 e. The van der Waals surface area contributed by atoms with E-state index in [1.54, 1.807) is 18.6 Å². The number of hydrogen-bond acceptors (Lipinski definition) is 5. The molecule has 3 aromatic rings. The summed E-state index contributed by atoms with van der Waals surface area (Å²) in [5.41, 5.74) is 2.58. The summed E-state index contributed by atoms with van der Waals surface area (Å²) in [5.74, 6) is 1.10. The lowest BCUT2D eigenvalue weighted by Crippen LogP contribution is -2.26. The van der Waals surface area contributed by atoms with Gasteiger partial charge in [0.05, 0.1) is 22.9 Å². The Kier molecular flexibility index (Phi) is 7.13. The predicted molar refractivity (Wildman–Crippen MR) is 133 cm³/mol. The van der Waals surface area contributed by atoms with Gasteiger partial charge < -0.3 is 24.5 Å². The molecule has 9 nitrogen and oxygen atoms in total. The van der Waals surface area contributed by atoms with Crippen molar-refractivity contribution in [3.63, 3.8) is 0 Å². The highest BCUT2D eigenvalue weighted by molar-refractivity contribution is 6.07. The van der Waals surface area contributed by atoms with Crippen LogP contribution in [0.1, 0.15) is 73.7 Å². The second kappa shape index (κ2) is 10.6. The predicted octanol–water partition coefficient (Wildman–Crippen LogP) is 3.96. The minimum absolute atomic E-state index is 0.00165. The maximum atomic E-state index is 13.3. The number of benzene rings is 1. The minimum Gasteiger partial charge on any atom is -0.370 e. The summed E-state index contributed by atoms with van der Waals surface area (Å²) >= 11 is 0. The van der Waals surface area contributed by atoms with Gasteiger partial charge in [-0.3, -0.25) is 9.59 Å². The van der Waals surface area contributed by atoms with Crippen molar-refractivity contribution in [2.24, 2.45) is 13.0 Å². The van der Waals surface area contributed by atoms with Crippen molar-refractivity contribution in [2.45, 2.75) is 64.0 Å². The number of anilines is 1. The molecule has 3 heterocycles. The zero-order chi connectivity index (χ0) is 24.2. The lowest BCUT2D eigenvalue weighted by molar-refractivity contribution is -0.117. The van der Waals surface area contributed by atoms with Crippen molar-refractivity contribution in [1.82, 2.24) is 24.4 Å². The average molecular weight is 479 g/mol. The van der Waals surface area contributed by atoms with Crippen LogP contribution in [0, 0.1) is 5.92 Å². The van der Waals surface area contributed by atoms with Crippen LogP contribution in [0.3, 0.4) is 0 Å². The van der Waals surface area contributed by atoms with Crippen molar-refractivity contribution in [2.75, 3.05) is 18.5 Å². The van der Waals surface area contributed by atoms with E-state index in [0.717, 1.165) is 56.6 Å². The molecule has 0 radical (unpaired) electrons. The Labute approximate surface area is 205 Å². The molecule has 1 aliphatic heterocycles. The average Bonchev–Trinajstić information content (AvgIpc) is 3.64. The van der Waals surface area contributed by atoms with Crippen LogP contribution in [0.2, 0.25) is 0 Å². The lowest BCUT2D eigenvalue weighted by atomic mass is 10.0. The number of carbonyl (C=O) groups is 2. The van der Waals surface area contributed by atoms with Crippen molar-refractivity contribution in [3.05, 3.63) is 42.2 Å². The van der Waals surface area contributed by atoms with E-state index in [9.17, 15) is 9.59 Å². The van der Waals surface area contributed by atoms with Gasteiger partial charge in [0.1, 0.15) is 11.9 Å². The summed E-state index contributed by atoms with van der Waals surface area (Å²) in [6, 6.07) is 3.65. The zero-order valence-corrected chi connectivity index (χ0v) is 20.3. The van der Waals surface area contributed by atoms with Gasteiger partial charge in [0.15, 0.2) is 0 Å². The molecule has 1 saturated carbocycles. The van der Waals surface area contributed by atoms with Crippen molar-refractivity contribution >= 4 is 28.5 Å². The SMILES string of the molecule is Cn1c(C2CCCO2)nc2cc(NC(=O)CC3CCCC3)cc(C(=O)NCCCn3ccnc3)c21. The summed E-state index contributed by atoms with van der Waals surface area (Å²) in [5, 5.41) is 6.07. The van der Waals surface area contributed by atoms with Gasteiger partial charge in [0, 0.05) is 51.2 Å². The first-order chi connectivity index (χ1) is 17.1. The van der Waals surface area contributed by atoms with Gasteiger partial charge in [0.25, 0.3) is 5.91 Å². The Balaban J connectivity index is 1.37. The first kappa shape index (κ1) is 23.5. The van der Waals surface area contributed by atoms with Gasteiger partial charge in [-0.2, -0.15) is 0 Å². The Morgan fingerprint density at radius 1 is 1.17 bits per heavy atom. The number of ether oxygens (including phenoxy) is 1. The molecule has 2 aromatic heterocycles. The van der Waals surface area contributed by atoms with Crippen LogP contribution in [0.25, 0.3) is 11.0 Å². The fraction of sp³-hybridized carbons (Fsp3) is 0.538. The number of fused-ring (bicyclic) bond motifs is 1. The third kappa shape index (κ3) is 5.40. The molecule has 2 amide bonds. The number of amides is 2. The van der Waals surface area contributed by atoms with Crippen LogP contribution >= 0.6 is 0 Å². The van der Waals surface area contributed by atoms with E-state index in [1.165, 1.54) is 12.8 Å². The molecule has 35 heavy (non-hydrogen) atoms. The molecule has 2 fully saturated rings. The van der Waals surface area contributed by atoms with Crippen LogP contribution < -0.4 is 10.6 Å².